The first-order valence-corrected chi connectivity index (χ1v) is 5.83. The van der Waals surface area contributed by atoms with Gasteiger partial charge in [0.25, 0.3) is 0 Å². The summed E-state index contributed by atoms with van der Waals surface area (Å²) in [4.78, 5) is 14.6. The molecule has 19 heavy (non-hydrogen) atoms. The van der Waals surface area contributed by atoms with E-state index in [0.29, 0.717) is 16.5 Å². The number of benzene rings is 1. The van der Waals surface area contributed by atoms with Crippen molar-refractivity contribution in [2.45, 2.75) is 0 Å². The Morgan fingerprint density at radius 2 is 1.89 bits per heavy atom. The van der Waals surface area contributed by atoms with Crippen molar-refractivity contribution in [2.24, 2.45) is 0 Å². The number of nitro groups is 1. The maximum atomic E-state index is 10.9. The third kappa shape index (κ3) is 3.11. The lowest BCUT2D eigenvalue weighted by Gasteiger charge is -2.08. The van der Waals surface area contributed by atoms with Crippen LogP contribution in [0, 0.1) is 10.1 Å². The molecule has 0 saturated carbocycles. The summed E-state index contributed by atoms with van der Waals surface area (Å²) in [6, 6.07) is 9.77. The van der Waals surface area contributed by atoms with Gasteiger partial charge in [-0.2, -0.15) is 0 Å². The van der Waals surface area contributed by atoms with E-state index in [0.717, 1.165) is 0 Å². The SMILES string of the molecule is CNc1ccc([N+](=O)[O-])c(Nc2ccc(Cl)cc2)n1. The maximum Gasteiger partial charge on any atom is 0.311 e. The van der Waals surface area contributed by atoms with Crippen molar-refractivity contribution >= 4 is 34.6 Å². The van der Waals surface area contributed by atoms with Crippen LogP contribution in [0.15, 0.2) is 36.4 Å². The summed E-state index contributed by atoms with van der Waals surface area (Å²) in [7, 11) is 1.69. The summed E-state index contributed by atoms with van der Waals surface area (Å²) >= 11 is 5.78. The predicted molar refractivity (Wildman–Crippen MR) is 75.2 cm³/mol. The van der Waals surface area contributed by atoms with E-state index >= 15 is 0 Å². The van der Waals surface area contributed by atoms with Gasteiger partial charge in [-0.15, -0.1) is 0 Å². The van der Waals surface area contributed by atoms with E-state index in [2.05, 4.69) is 15.6 Å². The molecule has 0 atom stereocenters. The summed E-state index contributed by atoms with van der Waals surface area (Å²) in [5, 5.41) is 17.3. The fourth-order valence-electron chi connectivity index (χ4n) is 1.50. The third-order valence-electron chi connectivity index (χ3n) is 2.43. The van der Waals surface area contributed by atoms with Gasteiger partial charge in [-0.05, 0) is 30.3 Å². The van der Waals surface area contributed by atoms with Crippen LogP contribution in [0.5, 0.6) is 0 Å². The number of anilines is 3. The average molecular weight is 279 g/mol. The van der Waals surface area contributed by atoms with Crippen LogP contribution in [0.2, 0.25) is 5.02 Å². The molecular weight excluding hydrogens is 268 g/mol. The van der Waals surface area contributed by atoms with Gasteiger partial charge in [0, 0.05) is 23.8 Å². The van der Waals surface area contributed by atoms with E-state index in [1.54, 1.807) is 37.4 Å². The summed E-state index contributed by atoms with van der Waals surface area (Å²) in [5.74, 6) is 0.723. The molecule has 1 heterocycles. The van der Waals surface area contributed by atoms with Crippen LogP contribution in [0.25, 0.3) is 0 Å². The molecule has 0 saturated heterocycles. The Morgan fingerprint density at radius 1 is 1.21 bits per heavy atom. The summed E-state index contributed by atoms with van der Waals surface area (Å²) < 4.78 is 0. The average Bonchev–Trinajstić information content (AvgIpc) is 2.41. The van der Waals surface area contributed by atoms with Crippen LogP contribution in [0.1, 0.15) is 0 Å². The normalized spacial score (nSPS) is 10.0. The largest absolute Gasteiger partial charge is 0.373 e. The molecule has 0 spiro atoms. The summed E-state index contributed by atoms with van der Waals surface area (Å²) in [5.41, 5.74) is 0.585. The Bertz CT molecular complexity index is 601. The van der Waals surface area contributed by atoms with Gasteiger partial charge >= 0.3 is 5.69 Å². The fourth-order valence-corrected chi connectivity index (χ4v) is 1.63. The molecule has 0 amide bonds. The van der Waals surface area contributed by atoms with E-state index < -0.39 is 4.92 Å². The fraction of sp³-hybridized carbons (Fsp3) is 0.0833. The van der Waals surface area contributed by atoms with Gasteiger partial charge in [0.05, 0.1) is 4.92 Å². The van der Waals surface area contributed by atoms with Crippen molar-refractivity contribution in [1.29, 1.82) is 0 Å². The standard InChI is InChI=1S/C12H11ClN4O2/c1-14-11-7-6-10(17(18)19)12(16-11)15-9-4-2-8(13)3-5-9/h2-7H,1H3,(H2,14,15,16). The molecule has 0 aliphatic heterocycles. The minimum Gasteiger partial charge on any atom is -0.373 e. The van der Waals surface area contributed by atoms with Gasteiger partial charge < -0.3 is 10.6 Å². The van der Waals surface area contributed by atoms with Gasteiger partial charge in [0.1, 0.15) is 5.82 Å². The van der Waals surface area contributed by atoms with Crippen molar-refractivity contribution in [3.05, 3.63) is 51.5 Å². The third-order valence-corrected chi connectivity index (χ3v) is 2.69. The second kappa shape index (κ2) is 5.53. The van der Waals surface area contributed by atoms with Gasteiger partial charge in [0.2, 0.25) is 5.82 Å². The quantitative estimate of drug-likeness (QED) is 0.661. The van der Waals surface area contributed by atoms with Gasteiger partial charge in [-0.1, -0.05) is 11.6 Å². The maximum absolute atomic E-state index is 10.9. The molecule has 98 valence electrons. The van der Waals surface area contributed by atoms with Gasteiger partial charge in [-0.3, -0.25) is 10.1 Å². The lowest BCUT2D eigenvalue weighted by atomic mass is 10.3. The molecule has 2 aromatic rings. The Labute approximate surface area is 114 Å². The van der Waals surface area contributed by atoms with Crippen LogP contribution in [0.3, 0.4) is 0 Å². The molecule has 6 nitrogen and oxygen atoms in total. The van der Waals surface area contributed by atoms with Crippen molar-refractivity contribution < 1.29 is 4.92 Å². The number of nitrogens with one attached hydrogen (secondary N) is 2. The molecule has 7 heteroatoms. The van der Waals surface area contributed by atoms with Gasteiger partial charge in [-0.25, -0.2) is 4.98 Å². The predicted octanol–water partition coefficient (Wildman–Crippen LogP) is 3.43. The number of hydrogen-bond donors (Lipinski definition) is 2. The Balaban J connectivity index is 2.36. The minimum absolute atomic E-state index is 0.0889. The second-order valence-electron chi connectivity index (χ2n) is 3.70. The molecule has 2 N–H and O–H groups in total. The van der Waals surface area contributed by atoms with Crippen LogP contribution < -0.4 is 10.6 Å². The van der Waals surface area contributed by atoms with Crippen molar-refractivity contribution in [3.63, 3.8) is 0 Å². The van der Waals surface area contributed by atoms with E-state index in [4.69, 9.17) is 11.6 Å². The highest BCUT2D eigenvalue weighted by Crippen LogP contribution is 2.27. The van der Waals surface area contributed by atoms with Crippen LogP contribution in [0.4, 0.5) is 23.0 Å². The number of hydrogen-bond acceptors (Lipinski definition) is 5. The van der Waals surface area contributed by atoms with Crippen LogP contribution in [-0.2, 0) is 0 Å². The molecule has 0 aliphatic carbocycles. The Morgan fingerprint density at radius 3 is 2.47 bits per heavy atom. The molecule has 0 bridgehead atoms. The first kappa shape index (κ1) is 13.1. The summed E-state index contributed by atoms with van der Waals surface area (Å²) in [6.45, 7) is 0. The molecule has 0 aliphatic rings. The zero-order valence-corrected chi connectivity index (χ0v) is 10.8. The highest BCUT2D eigenvalue weighted by Gasteiger charge is 2.15. The monoisotopic (exact) mass is 278 g/mol. The van der Waals surface area contributed by atoms with Crippen molar-refractivity contribution in [2.75, 3.05) is 17.7 Å². The topological polar surface area (TPSA) is 80.1 Å². The number of aromatic nitrogens is 1. The van der Waals surface area contributed by atoms with Crippen LogP contribution >= 0.6 is 11.6 Å². The van der Waals surface area contributed by atoms with Gasteiger partial charge in [0.15, 0.2) is 0 Å². The van der Waals surface area contributed by atoms with Crippen LogP contribution in [-0.4, -0.2) is 17.0 Å². The Hall–Kier alpha value is -2.34. The molecule has 0 unspecified atom stereocenters. The molecule has 0 fully saturated rings. The van der Waals surface area contributed by atoms with Crippen molar-refractivity contribution in [3.8, 4) is 0 Å². The minimum atomic E-state index is -0.481. The highest BCUT2D eigenvalue weighted by atomic mass is 35.5. The van der Waals surface area contributed by atoms with E-state index in [1.165, 1.54) is 6.07 Å². The molecule has 1 aromatic carbocycles. The van der Waals surface area contributed by atoms with E-state index in [9.17, 15) is 10.1 Å². The highest BCUT2D eigenvalue weighted by molar-refractivity contribution is 6.30. The number of pyridine rings is 1. The molecular formula is C12H11ClN4O2. The van der Waals surface area contributed by atoms with E-state index in [1.807, 2.05) is 0 Å². The summed E-state index contributed by atoms with van der Waals surface area (Å²) in [6.07, 6.45) is 0. The lowest BCUT2D eigenvalue weighted by Crippen LogP contribution is -2.02. The second-order valence-corrected chi connectivity index (χ2v) is 4.14. The molecule has 0 radical (unpaired) electrons. The Kier molecular flexibility index (Phi) is 3.82. The first-order valence-electron chi connectivity index (χ1n) is 5.46. The molecule has 1 aromatic heterocycles. The van der Waals surface area contributed by atoms with Crippen molar-refractivity contribution in [1.82, 2.24) is 4.98 Å². The lowest BCUT2D eigenvalue weighted by molar-refractivity contribution is -0.384. The number of rotatable bonds is 4. The number of halogens is 1. The zero-order valence-electron chi connectivity index (χ0n) is 10.1. The first-order chi connectivity index (χ1) is 9.10. The smallest absolute Gasteiger partial charge is 0.311 e. The number of nitrogens with zero attached hydrogens (tertiary/aromatic N) is 2. The molecule has 2 rings (SSSR count). The zero-order chi connectivity index (χ0) is 13.8. The van der Waals surface area contributed by atoms with E-state index in [-0.39, 0.29) is 11.5 Å².